The van der Waals surface area contributed by atoms with Crippen LogP contribution in [-0.2, 0) is 16.0 Å². The lowest BCUT2D eigenvalue weighted by Crippen LogP contribution is -2.42. The molecule has 0 unspecified atom stereocenters. The zero-order chi connectivity index (χ0) is 18.0. The monoisotopic (exact) mass is 342 g/mol. The van der Waals surface area contributed by atoms with Gasteiger partial charge in [-0.2, -0.15) is 0 Å². The van der Waals surface area contributed by atoms with Crippen LogP contribution in [0, 0.1) is 6.92 Å². The number of aromatic nitrogens is 3. The van der Waals surface area contributed by atoms with Crippen LogP contribution < -0.4 is 5.56 Å². The quantitative estimate of drug-likeness (QED) is 0.847. The minimum Gasteiger partial charge on any atom is -0.480 e. The molecule has 1 amide bonds. The molecule has 8 heteroatoms. The fourth-order valence-corrected chi connectivity index (χ4v) is 3.04. The van der Waals surface area contributed by atoms with Crippen molar-refractivity contribution in [2.24, 2.45) is 0 Å². The van der Waals surface area contributed by atoms with Gasteiger partial charge in [0.15, 0.2) is 0 Å². The molecule has 3 heterocycles. The number of H-pyrrole nitrogens is 1. The highest BCUT2D eigenvalue weighted by atomic mass is 16.4. The molecule has 0 saturated carbocycles. The van der Waals surface area contributed by atoms with Crippen LogP contribution in [0.2, 0.25) is 0 Å². The largest absolute Gasteiger partial charge is 0.480 e. The van der Waals surface area contributed by atoms with Gasteiger partial charge in [0.25, 0.3) is 5.56 Å². The van der Waals surface area contributed by atoms with Crippen molar-refractivity contribution in [1.82, 2.24) is 19.9 Å². The van der Waals surface area contributed by atoms with Crippen LogP contribution in [-0.4, -0.2) is 49.4 Å². The van der Waals surface area contributed by atoms with Crippen LogP contribution in [0.3, 0.4) is 0 Å². The summed E-state index contributed by atoms with van der Waals surface area (Å²) in [4.78, 5) is 48.4. The Kier molecular flexibility index (Phi) is 4.60. The number of nitrogens with zero attached hydrogens (tertiary/aromatic N) is 3. The zero-order valence-corrected chi connectivity index (χ0v) is 13.7. The third-order valence-electron chi connectivity index (χ3n) is 4.36. The predicted molar refractivity (Wildman–Crippen MR) is 88.9 cm³/mol. The number of carbonyl (C=O) groups excluding carboxylic acids is 1. The van der Waals surface area contributed by atoms with Crippen LogP contribution in [0.4, 0.5) is 0 Å². The molecule has 3 rings (SSSR count). The van der Waals surface area contributed by atoms with Crippen LogP contribution in [0.15, 0.2) is 29.3 Å². The smallest absolute Gasteiger partial charge is 0.326 e. The number of hydrogen-bond donors (Lipinski definition) is 2. The van der Waals surface area contributed by atoms with Gasteiger partial charge in [0, 0.05) is 35.8 Å². The summed E-state index contributed by atoms with van der Waals surface area (Å²) in [6.45, 7) is 2.07. The van der Waals surface area contributed by atoms with Gasteiger partial charge < -0.3 is 15.0 Å². The number of aliphatic carboxylic acids is 1. The Bertz CT molecular complexity index is 863. The normalized spacial score (nSPS) is 16.8. The van der Waals surface area contributed by atoms with Crippen molar-refractivity contribution in [3.63, 3.8) is 0 Å². The molecule has 1 atom stereocenters. The summed E-state index contributed by atoms with van der Waals surface area (Å²) in [6.07, 6.45) is 4.13. The minimum absolute atomic E-state index is 0.158. The fourth-order valence-electron chi connectivity index (χ4n) is 3.04. The number of amides is 1. The average Bonchev–Trinajstić information content (AvgIpc) is 3.08. The van der Waals surface area contributed by atoms with E-state index in [-0.39, 0.29) is 17.9 Å². The van der Waals surface area contributed by atoms with Crippen molar-refractivity contribution < 1.29 is 14.7 Å². The third-order valence-corrected chi connectivity index (χ3v) is 4.36. The van der Waals surface area contributed by atoms with Crippen molar-refractivity contribution in [3.8, 4) is 11.4 Å². The number of aromatic amines is 1. The molecule has 1 saturated heterocycles. The van der Waals surface area contributed by atoms with E-state index >= 15 is 0 Å². The summed E-state index contributed by atoms with van der Waals surface area (Å²) in [5, 5.41) is 9.19. The second kappa shape index (κ2) is 6.84. The van der Waals surface area contributed by atoms with Gasteiger partial charge in [-0.05, 0) is 31.9 Å². The Morgan fingerprint density at radius 2 is 2.08 bits per heavy atom. The average molecular weight is 342 g/mol. The number of aryl methyl sites for hydroxylation is 1. The van der Waals surface area contributed by atoms with E-state index in [4.69, 9.17) is 0 Å². The molecule has 8 nitrogen and oxygen atoms in total. The lowest BCUT2D eigenvalue weighted by atomic mass is 10.1. The number of pyridine rings is 1. The maximum Gasteiger partial charge on any atom is 0.326 e. The Labute approximate surface area is 143 Å². The van der Waals surface area contributed by atoms with Crippen molar-refractivity contribution in [1.29, 1.82) is 0 Å². The molecule has 2 N–H and O–H groups in total. The highest BCUT2D eigenvalue weighted by Crippen LogP contribution is 2.19. The van der Waals surface area contributed by atoms with Gasteiger partial charge in [-0.1, -0.05) is 0 Å². The molecular formula is C17H18N4O4. The molecule has 25 heavy (non-hydrogen) atoms. The van der Waals surface area contributed by atoms with E-state index in [1.807, 2.05) is 0 Å². The van der Waals surface area contributed by atoms with Crippen LogP contribution >= 0.6 is 0 Å². The number of hydrogen-bond acceptors (Lipinski definition) is 5. The van der Waals surface area contributed by atoms with Crippen LogP contribution in [0.25, 0.3) is 11.4 Å². The Morgan fingerprint density at radius 3 is 2.72 bits per heavy atom. The van der Waals surface area contributed by atoms with E-state index in [0.29, 0.717) is 30.9 Å². The number of nitrogens with one attached hydrogen (secondary N) is 1. The van der Waals surface area contributed by atoms with Gasteiger partial charge in [-0.15, -0.1) is 0 Å². The predicted octanol–water partition coefficient (Wildman–Crippen LogP) is 0.758. The lowest BCUT2D eigenvalue weighted by Gasteiger charge is -2.21. The van der Waals surface area contributed by atoms with Gasteiger partial charge in [0.05, 0.1) is 6.42 Å². The van der Waals surface area contributed by atoms with Crippen molar-refractivity contribution in [2.45, 2.75) is 32.2 Å². The second-order valence-corrected chi connectivity index (χ2v) is 5.97. The first-order valence-electron chi connectivity index (χ1n) is 8.00. The number of rotatable bonds is 4. The summed E-state index contributed by atoms with van der Waals surface area (Å²) in [6, 6.07) is 2.64. The Morgan fingerprint density at radius 1 is 1.36 bits per heavy atom. The molecular weight excluding hydrogens is 324 g/mol. The molecule has 130 valence electrons. The summed E-state index contributed by atoms with van der Waals surface area (Å²) in [5.41, 5.74) is 1.05. The maximum absolute atomic E-state index is 12.5. The first-order chi connectivity index (χ1) is 12.0. The molecule has 2 aromatic rings. The van der Waals surface area contributed by atoms with E-state index in [0.717, 1.165) is 5.56 Å². The van der Waals surface area contributed by atoms with Gasteiger partial charge in [-0.3, -0.25) is 14.6 Å². The minimum atomic E-state index is -1.01. The Hall–Kier alpha value is -3.03. The topological polar surface area (TPSA) is 116 Å². The van der Waals surface area contributed by atoms with E-state index < -0.39 is 17.6 Å². The van der Waals surface area contributed by atoms with E-state index in [1.54, 1.807) is 31.5 Å². The highest BCUT2D eigenvalue weighted by molar-refractivity contribution is 5.85. The van der Waals surface area contributed by atoms with Crippen molar-refractivity contribution in [2.75, 3.05) is 6.54 Å². The summed E-state index contributed by atoms with van der Waals surface area (Å²) < 4.78 is 0. The standard InChI is InChI=1S/C17H18N4O4/c1-10-12(9-14(22)21-8-2-3-13(21)17(24)25)16(23)20-15(19-10)11-4-6-18-7-5-11/h4-7,13H,2-3,8-9H2,1H3,(H,24,25)(H,19,20,23)/t13-/m1/s1. The van der Waals surface area contributed by atoms with Gasteiger partial charge in [-0.25, -0.2) is 9.78 Å². The molecule has 1 fully saturated rings. The summed E-state index contributed by atoms with van der Waals surface area (Å²) in [7, 11) is 0. The first kappa shape index (κ1) is 16.8. The molecule has 2 aromatic heterocycles. The lowest BCUT2D eigenvalue weighted by molar-refractivity contribution is -0.148. The molecule has 0 radical (unpaired) electrons. The second-order valence-electron chi connectivity index (χ2n) is 5.97. The zero-order valence-electron chi connectivity index (χ0n) is 13.7. The Balaban J connectivity index is 1.85. The number of carboxylic acids is 1. The van der Waals surface area contributed by atoms with E-state index in [2.05, 4.69) is 15.0 Å². The third kappa shape index (κ3) is 3.42. The van der Waals surface area contributed by atoms with Gasteiger partial charge >= 0.3 is 5.97 Å². The molecule has 1 aliphatic heterocycles. The summed E-state index contributed by atoms with van der Waals surface area (Å²) >= 11 is 0. The number of carbonyl (C=O) groups is 2. The first-order valence-corrected chi connectivity index (χ1v) is 8.00. The van der Waals surface area contributed by atoms with Gasteiger partial charge in [0.1, 0.15) is 11.9 Å². The number of likely N-dealkylation sites (tertiary alicyclic amines) is 1. The van der Waals surface area contributed by atoms with Crippen molar-refractivity contribution >= 4 is 11.9 Å². The summed E-state index contributed by atoms with van der Waals surface area (Å²) in [5.74, 6) is -0.967. The molecule has 0 aliphatic carbocycles. The van der Waals surface area contributed by atoms with Gasteiger partial charge in [0.2, 0.25) is 5.91 Å². The molecule has 0 bridgehead atoms. The fraction of sp³-hybridized carbons (Fsp3) is 0.353. The molecule has 0 aromatic carbocycles. The molecule has 1 aliphatic rings. The van der Waals surface area contributed by atoms with Crippen LogP contribution in [0.5, 0.6) is 0 Å². The number of carboxylic acid groups (broad SMARTS) is 1. The SMILES string of the molecule is Cc1nc(-c2ccncc2)[nH]c(=O)c1CC(=O)N1CCC[C@@H]1C(=O)O. The van der Waals surface area contributed by atoms with Crippen molar-refractivity contribution in [3.05, 3.63) is 46.1 Å². The van der Waals surface area contributed by atoms with E-state index in [1.165, 1.54) is 4.90 Å². The van der Waals surface area contributed by atoms with Crippen LogP contribution in [0.1, 0.15) is 24.1 Å². The maximum atomic E-state index is 12.5. The van der Waals surface area contributed by atoms with E-state index in [9.17, 15) is 19.5 Å². The highest BCUT2D eigenvalue weighted by Gasteiger charge is 2.34. The molecule has 0 spiro atoms.